The Kier molecular flexibility index (Phi) is 6.25. The molecule has 0 radical (unpaired) electrons. The minimum atomic E-state index is -1.04. The van der Waals surface area contributed by atoms with Gasteiger partial charge in [0, 0.05) is 14.1 Å². The van der Waals surface area contributed by atoms with Crippen LogP contribution in [-0.4, -0.2) is 22.8 Å². The average Bonchev–Trinajstić information content (AvgIpc) is 3.13. The average molecular weight is 375 g/mol. The van der Waals surface area contributed by atoms with Crippen LogP contribution in [0.25, 0.3) is 0 Å². The summed E-state index contributed by atoms with van der Waals surface area (Å²) in [4.78, 5) is 0. The second-order valence-corrected chi connectivity index (χ2v) is 11.8. The van der Waals surface area contributed by atoms with Gasteiger partial charge in [0.05, 0.1) is 13.2 Å². The lowest BCUT2D eigenvalue weighted by Crippen LogP contribution is -2.31. The summed E-state index contributed by atoms with van der Waals surface area (Å²) < 4.78 is 14.6. The lowest BCUT2D eigenvalue weighted by molar-refractivity contribution is 0.365. The van der Waals surface area contributed by atoms with E-state index in [9.17, 15) is 0 Å². The molecule has 5 heteroatoms. The first kappa shape index (κ1) is 19.0. The molecule has 1 aliphatic rings. The van der Waals surface area contributed by atoms with Crippen molar-refractivity contribution >= 4 is 21.9 Å². The topological polar surface area (TPSA) is 21.7 Å². The first-order valence-electron chi connectivity index (χ1n) is 8.74. The highest BCUT2D eigenvalue weighted by Crippen LogP contribution is 2.67. The molecule has 0 amide bonds. The SMILES string of the molecule is C[C@@H](c1ccccc1)N(P1OCCO1)[P@@](c1ccccc1)C(C)(C)C. The number of benzene rings is 2. The van der Waals surface area contributed by atoms with Crippen molar-refractivity contribution in [2.24, 2.45) is 0 Å². The first-order valence-corrected chi connectivity index (χ1v) is 11.2. The summed E-state index contributed by atoms with van der Waals surface area (Å²) in [5, 5.41) is 1.48. The highest BCUT2D eigenvalue weighted by molar-refractivity contribution is 7.72. The standard InChI is InChI=1S/C20H27NO2P2/c1-17(18-11-7-5-8-12-18)21(25-22-15-16-23-25)24(20(2,3)4)19-13-9-6-10-14-19/h5-14,17H,15-16H2,1-4H3/t17-,24-/m0/s1. The van der Waals surface area contributed by atoms with Gasteiger partial charge in [0.1, 0.15) is 0 Å². The zero-order valence-electron chi connectivity index (χ0n) is 15.4. The van der Waals surface area contributed by atoms with Crippen molar-refractivity contribution in [1.82, 2.24) is 4.44 Å². The van der Waals surface area contributed by atoms with Crippen LogP contribution >= 0.6 is 16.6 Å². The van der Waals surface area contributed by atoms with Crippen LogP contribution in [0.3, 0.4) is 0 Å². The van der Waals surface area contributed by atoms with E-state index in [1.54, 1.807) is 0 Å². The quantitative estimate of drug-likeness (QED) is 0.613. The van der Waals surface area contributed by atoms with E-state index in [0.717, 1.165) is 0 Å². The van der Waals surface area contributed by atoms with Crippen molar-refractivity contribution in [3.05, 3.63) is 66.2 Å². The summed E-state index contributed by atoms with van der Waals surface area (Å²) in [6.45, 7) is 10.6. The lowest BCUT2D eigenvalue weighted by Gasteiger charge is -2.44. The van der Waals surface area contributed by atoms with Gasteiger partial charge in [-0.2, -0.15) is 0 Å². The van der Waals surface area contributed by atoms with Gasteiger partial charge in [-0.25, -0.2) is 4.44 Å². The fourth-order valence-electron chi connectivity index (χ4n) is 3.02. The van der Waals surface area contributed by atoms with Gasteiger partial charge < -0.3 is 9.05 Å². The molecule has 3 nitrogen and oxygen atoms in total. The Bertz CT molecular complexity index is 654. The number of hydrogen-bond acceptors (Lipinski definition) is 3. The molecule has 25 heavy (non-hydrogen) atoms. The van der Waals surface area contributed by atoms with Gasteiger partial charge in [-0.1, -0.05) is 81.4 Å². The molecule has 2 aromatic rings. The molecule has 2 aromatic carbocycles. The second kappa shape index (κ2) is 8.25. The van der Waals surface area contributed by atoms with Gasteiger partial charge in [0.2, 0.25) is 0 Å². The first-order chi connectivity index (χ1) is 12.0. The molecule has 1 heterocycles. The van der Waals surface area contributed by atoms with E-state index in [1.165, 1.54) is 10.9 Å². The van der Waals surface area contributed by atoms with Crippen molar-refractivity contribution in [2.75, 3.05) is 13.2 Å². The number of nitrogens with zero attached hydrogens (tertiary/aromatic N) is 1. The van der Waals surface area contributed by atoms with E-state index in [-0.39, 0.29) is 11.2 Å². The Balaban J connectivity index is 2.04. The molecule has 134 valence electrons. The van der Waals surface area contributed by atoms with E-state index < -0.39 is 16.6 Å². The highest BCUT2D eigenvalue weighted by atomic mass is 31.2. The third-order valence-corrected chi connectivity index (χ3v) is 9.40. The van der Waals surface area contributed by atoms with Crippen molar-refractivity contribution in [3.63, 3.8) is 0 Å². The van der Waals surface area contributed by atoms with Gasteiger partial charge in [-0.15, -0.1) is 0 Å². The van der Waals surface area contributed by atoms with E-state index in [0.29, 0.717) is 13.2 Å². The molecule has 0 N–H and O–H groups in total. The molecule has 0 saturated carbocycles. The minimum absolute atomic E-state index is 0.109. The van der Waals surface area contributed by atoms with Crippen LogP contribution in [0, 0.1) is 0 Å². The lowest BCUT2D eigenvalue weighted by atomic mass is 10.1. The van der Waals surface area contributed by atoms with Crippen LogP contribution in [0.2, 0.25) is 0 Å². The van der Waals surface area contributed by atoms with Crippen LogP contribution in [0.5, 0.6) is 0 Å². The molecule has 0 unspecified atom stereocenters. The van der Waals surface area contributed by atoms with Gasteiger partial charge in [-0.05, 0) is 22.9 Å². The maximum atomic E-state index is 6.04. The molecule has 1 aliphatic heterocycles. The minimum Gasteiger partial charge on any atom is -0.319 e. The largest absolute Gasteiger partial charge is 0.319 e. The van der Waals surface area contributed by atoms with Gasteiger partial charge >= 0.3 is 0 Å². The molecule has 1 saturated heterocycles. The Morgan fingerprint density at radius 1 is 0.920 bits per heavy atom. The molecular weight excluding hydrogens is 348 g/mol. The third kappa shape index (κ3) is 4.48. The molecule has 3 rings (SSSR count). The van der Waals surface area contributed by atoms with E-state index in [1.807, 2.05) is 0 Å². The molecule has 0 bridgehead atoms. The summed E-state index contributed by atoms with van der Waals surface area (Å²) in [6, 6.07) is 21.7. The van der Waals surface area contributed by atoms with Crippen molar-refractivity contribution in [3.8, 4) is 0 Å². The Morgan fingerprint density at radius 3 is 1.96 bits per heavy atom. The van der Waals surface area contributed by atoms with Crippen LogP contribution < -0.4 is 5.30 Å². The molecule has 0 spiro atoms. The normalized spacial score (nSPS) is 18.4. The summed E-state index contributed by atoms with van der Waals surface area (Å²) in [6.07, 6.45) is 0. The van der Waals surface area contributed by atoms with E-state index >= 15 is 0 Å². The zero-order chi connectivity index (χ0) is 17.9. The molecule has 1 fully saturated rings. The van der Waals surface area contributed by atoms with E-state index in [2.05, 4.69) is 92.8 Å². The van der Waals surface area contributed by atoms with Gasteiger partial charge in [0.25, 0.3) is 8.53 Å². The van der Waals surface area contributed by atoms with Crippen molar-refractivity contribution in [1.29, 1.82) is 0 Å². The summed E-state index contributed by atoms with van der Waals surface area (Å²) in [5.41, 5.74) is 1.30. The predicted octanol–water partition coefficient (Wildman–Crippen LogP) is 5.84. The van der Waals surface area contributed by atoms with Crippen molar-refractivity contribution < 1.29 is 9.05 Å². The van der Waals surface area contributed by atoms with Gasteiger partial charge in [0.15, 0.2) is 0 Å². The predicted molar refractivity (Wildman–Crippen MR) is 108 cm³/mol. The number of rotatable bonds is 5. The van der Waals surface area contributed by atoms with Crippen LogP contribution in [-0.2, 0) is 9.05 Å². The van der Waals surface area contributed by atoms with Crippen LogP contribution in [0.15, 0.2) is 60.7 Å². The molecular formula is C20H27NO2P2. The maximum absolute atomic E-state index is 6.04. The zero-order valence-corrected chi connectivity index (χ0v) is 17.2. The molecule has 0 aliphatic carbocycles. The summed E-state index contributed by atoms with van der Waals surface area (Å²) in [7, 11) is -1.66. The monoisotopic (exact) mass is 375 g/mol. The number of hydrogen-bond donors (Lipinski definition) is 0. The highest BCUT2D eigenvalue weighted by Gasteiger charge is 2.42. The molecule has 2 atom stereocenters. The smallest absolute Gasteiger partial charge is 0.263 e. The molecule has 0 aromatic heterocycles. The Labute approximate surface area is 154 Å². The Hall–Kier alpha value is -0.820. The van der Waals surface area contributed by atoms with Crippen molar-refractivity contribution in [2.45, 2.75) is 38.9 Å². The van der Waals surface area contributed by atoms with Crippen LogP contribution in [0.1, 0.15) is 39.3 Å². The van der Waals surface area contributed by atoms with Gasteiger partial charge in [-0.3, -0.25) is 0 Å². The fraction of sp³-hybridized carbons (Fsp3) is 0.400. The Morgan fingerprint density at radius 2 is 1.44 bits per heavy atom. The third-order valence-electron chi connectivity index (χ3n) is 4.12. The fourth-order valence-corrected chi connectivity index (χ4v) is 8.78. The maximum Gasteiger partial charge on any atom is 0.263 e. The second-order valence-electron chi connectivity index (χ2n) is 7.13. The summed E-state index contributed by atoms with van der Waals surface area (Å²) >= 11 is 0. The van der Waals surface area contributed by atoms with Crippen LogP contribution in [0.4, 0.5) is 0 Å². The summed E-state index contributed by atoms with van der Waals surface area (Å²) in [5.74, 6) is 0. The van der Waals surface area contributed by atoms with E-state index in [4.69, 9.17) is 9.05 Å².